The number of nitrogens with one attached hydrogen (secondary N) is 2. The number of fused-ring (bicyclic) bond motifs is 1. The van der Waals surface area contributed by atoms with E-state index in [4.69, 9.17) is 0 Å². The SMILES string of the molecule is CSCC[C@H](NC(C)=O)C(=O)NCc1nnc2ccccn12. The van der Waals surface area contributed by atoms with Crippen LogP contribution in [-0.2, 0) is 16.1 Å². The van der Waals surface area contributed by atoms with Crippen LogP contribution >= 0.6 is 11.8 Å². The minimum absolute atomic E-state index is 0.211. The molecule has 0 bridgehead atoms. The largest absolute Gasteiger partial charge is 0.347 e. The highest BCUT2D eigenvalue weighted by Crippen LogP contribution is 2.04. The number of hydrogen-bond acceptors (Lipinski definition) is 5. The average Bonchev–Trinajstić information content (AvgIpc) is 2.92. The third-order valence-electron chi connectivity index (χ3n) is 3.11. The molecule has 0 radical (unpaired) electrons. The van der Waals surface area contributed by atoms with Gasteiger partial charge in [-0.3, -0.25) is 14.0 Å². The maximum absolute atomic E-state index is 12.2. The predicted octanol–water partition coefficient (Wildman–Crippen LogP) is 0.603. The molecule has 0 aliphatic carbocycles. The fourth-order valence-electron chi connectivity index (χ4n) is 2.05. The zero-order valence-corrected chi connectivity index (χ0v) is 13.4. The van der Waals surface area contributed by atoms with Crippen LogP contribution in [0.15, 0.2) is 24.4 Å². The molecule has 0 fully saturated rings. The molecule has 2 amide bonds. The highest BCUT2D eigenvalue weighted by molar-refractivity contribution is 7.98. The van der Waals surface area contributed by atoms with Gasteiger partial charge in [0.05, 0.1) is 6.54 Å². The van der Waals surface area contributed by atoms with Gasteiger partial charge in [-0.15, -0.1) is 10.2 Å². The van der Waals surface area contributed by atoms with Crippen molar-refractivity contribution in [1.82, 2.24) is 25.2 Å². The molecular weight excluding hydrogens is 302 g/mol. The van der Waals surface area contributed by atoms with Gasteiger partial charge in [0, 0.05) is 13.1 Å². The predicted molar refractivity (Wildman–Crippen MR) is 85.4 cm³/mol. The number of aromatic nitrogens is 3. The topological polar surface area (TPSA) is 88.4 Å². The van der Waals surface area contributed by atoms with E-state index in [1.165, 1.54) is 6.92 Å². The van der Waals surface area contributed by atoms with Crippen molar-refractivity contribution >= 4 is 29.2 Å². The van der Waals surface area contributed by atoms with E-state index in [-0.39, 0.29) is 18.4 Å². The summed E-state index contributed by atoms with van der Waals surface area (Å²) < 4.78 is 1.82. The molecule has 0 aliphatic rings. The standard InChI is InChI=1S/C14H19N5O2S/c1-10(20)16-11(6-8-22-2)14(21)15-9-13-18-17-12-5-3-4-7-19(12)13/h3-5,7,11H,6,8-9H2,1-2H3,(H,15,21)(H,16,20)/t11-/m0/s1. The normalized spacial score (nSPS) is 12.1. The Balaban J connectivity index is 1.98. The summed E-state index contributed by atoms with van der Waals surface area (Å²) in [5.74, 6) is 1.02. The molecule has 0 aliphatic heterocycles. The molecule has 0 saturated carbocycles. The number of thioether (sulfide) groups is 1. The van der Waals surface area contributed by atoms with Gasteiger partial charge in [-0.2, -0.15) is 11.8 Å². The summed E-state index contributed by atoms with van der Waals surface area (Å²) in [4.78, 5) is 23.4. The Kier molecular flexibility index (Phi) is 5.76. The van der Waals surface area contributed by atoms with Crippen LogP contribution in [0.5, 0.6) is 0 Å². The molecule has 2 aromatic heterocycles. The molecule has 0 saturated heterocycles. The van der Waals surface area contributed by atoms with Crippen LogP contribution in [0.4, 0.5) is 0 Å². The zero-order chi connectivity index (χ0) is 15.9. The van der Waals surface area contributed by atoms with Crippen molar-refractivity contribution in [3.8, 4) is 0 Å². The first-order valence-electron chi connectivity index (χ1n) is 6.94. The molecule has 22 heavy (non-hydrogen) atoms. The lowest BCUT2D eigenvalue weighted by Crippen LogP contribution is -2.46. The Morgan fingerprint density at radius 3 is 2.91 bits per heavy atom. The first kappa shape index (κ1) is 16.3. The van der Waals surface area contributed by atoms with Crippen LogP contribution in [0.1, 0.15) is 19.2 Å². The van der Waals surface area contributed by atoms with Crippen molar-refractivity contribution in [3.05, 3.63) is 30.2 Å². The number of amides is 2. The molecular formula is C14H19N5O2S. The van der Waals surface area contributed by atoms with E-state index in [2.05, 4.69) is 20.8 Å². The van der Waals surface area contributed by atoms with Gasteiger partial charge in [0.1, 0.15) is 6.04 Å². The van der Waals surface area contributed by atoms with Crippen LogP contribution < -0.4 is 10.6 Å². The highest BCUT2D eigenvalue weighted by atomic mass is 32.2. The quantitative estimate of drug-likeness (QED) is 0.780. The molecule has 2 rings (SSSR count). The van der Waals surface area contributed by atoms with Gasteiger partial charge in [-0.25, -0.2) is 0 Å². The summed E-state index contributed by atoms with van der Waals surface area (Å²) in [6.45, 7) is 1.67. The minimum Gasteiger partial charge on any atom is -0.347 e. The Labute approximate surface area is 132 Å². The van der Waals surface area contributed by atoms with Gasteiger partial charge >= 0.3 is 0 Å². The Bertz CT molecular complexity index is 657. The molecule has 0 aromatic carbocycles. The third kappa shape index (κ3) is 4.20. The van der Waals surface area contributed by atoms with E-state index in [1.807, 2.05) is 35.1 Å². The van der Waals surface area contributed by atoms with Gasteiger partial charge < -0.3 is 10.6 Å². The van der Waals surface area contributed by atoms with Crippen molar-refractivity contribution < 1.29 is 9.59 Å². The number of rotatable bonds is 7. The first-order valence-corrected chi connectivity index (χ1v) is 8.33. The van der Waals surface area contributed by atoms with Crippen LogP contribution in [0.2, 0.25) is 0 Å². The molecule has 2 heterocycles. The monoisotopic (exact) mass is 321 g/mol. The van der Waals surface area contributed by atoms with Crippen LogP contribution in [-0.4, -0.2) is 44.5 Å². The van der Waals surface area contributed by atoms with E-state index in [9.17, 15) is 9.59 Å². The first-order chi connectivity index (χ1) is 10.6. The van der Waals surface area contributed by atoms with Crippen LogP contribution in [0.3, 0.4) is 0 Å². The van der Waals surface area contributed by atoms with Gasteiger partial charge in [0.15, 0.2) is 11.5 Å². The second kappa shape index (κ2) is 7.79. The lowest BCUT2D eigenvalue weighted by atomic mass is 10.2. The molecule has 2 N–H and O–H groups in total. The van der Waals surface area contributed by atoms with Crippen molar-refractivity contribution in [2.45, 2.75) is 25.9 Å². The fourth-order valence-corrected chi connectivity index (χ4v) is 2.52. The molecule has 7 nitrogen and oxygen atoms in total. The molecule has 0 spiro atoms. The maximum Gasteiger partial charge on any atom is 0.242 e. The summed E-state index contributed by atoms with van der Waals surface area (Å²) in [7, 11) is 0. The molecule has 8 heteroatoms. The van der Waals surface area contributed by atoms with E-state index in [1.54, 1.807) is 11.8 Å². The van der Waals surface area contributed by atoms with Crippen LogP contribution in [0, 0.1) is 0 Å². The summed E-state index contributed by atoms with van der Waals surface area (Å²) >= 11 is 1.63. The number of pyridine rings is 1. The van der Waals surface area contributed by atoms with Gasteiger partial charge in [0.2, 0.25) is 11.8 Å². The molecule has 118 valence electrons. The molecule has 1 atom stereocenters. The number of carbonyl (C=O) groups is 2. The highest BCUT2D eigenvalue weighted by Gasteiger charge is 2.19. The van der Waals surface area contributed by atoms with E-state index in [0.29, 0.717) is 12.2 Å². The maximum atomic E-state index is 12.2. The lowest BCUT2D eigenvalue weighted by Gasteiger charge is -2.16. The second-order valence-corrected chi connectivity index (χ2v) is 5.78. The lowest BCUT2D eigenvalue weighted by molar-refractivity contribution is -0.128. The molecule has 2 aromatic rings. The Morgan fingerprint density at radius 2 is 2.18 bits per heavy atom. The number of nitrogens with zero attached hydrogens (tertiary/aromatic N) is 3. The summed E-state index contributed by atoms with van der Waals surface area (Å²) in [6.07, 6.45) is 4.40. The third-order valence-corrected chi connectivity index (χ3v) is 3.75. The molecule has 0 unspecified atom stereocenters. The Morgan fingerprint density at radius 1 is 1.36 bits per heavy atom. The van der Waals surface area contributed by atoms with Crippen molar-refractivity contribution in [2.24, 2.45) is 0 Å². The van der Waals surface area contributed by atoms with E-state index in [0.717, 1.165) is 11.4 Å². The fraction of sp³-hybridized carbons (Fsp3) is 0.429. The van der Waals surface area contributed by atoms with E-state index >= 15 is 0 Å². The second-order valence-electron chi connectivity index (χ2n) is 4.80. The summed E-state index contributed by atoms with van der Waals surface area (Å²) in [5, 5.41) is 13.6. The average molecular weight is 321 g/mol. The summed E-state index contributed by atoms with van der Waals surface area (Å²) in [6, 6.07) is 5.07. The summed E-state index contributed by atoms with van der Waals surface area (Å²) in [5.41, 5.74) is 0.729. The van der Waals surface area contributed by atoms with Crippen molar-refractivity contribution in [2.75, 3.05) is 12.0 Å². The van der Waals surface area contributed by atoms with Crippen molar-refractivity contribution in [3.63, 3.8) is 0 Å². The van der Waals surface area contributed by atoms with Crippen molar-refractivity contribution in [1.29, 1.82) is 0 Å². The zero-order valence-electron chi connectivity index (χ0n) is 12.6. The number of carbonyl (C=O) groups excluding carboxylic acids is 2. The minimum atomic E-state index is -0.524. The van der Waals surface area contributed by atoms with Gasteiger partial charge in [-0.05, 0) is 30.6 Å². The number of hydrogen-bond donors (Lipinski definition) is 2. The smallest absolute Gasteiger partial charge is 0.242 e. The van der Waals surface area contributed by atoms with Gasteiger partial charge in [0.25, 0.3) is 0 Å². The van der Waals surface area contributed by atoms with E-state index < -0.39 is 6.04 Å². The Hall–Kier alpha value is -2.09. The van der Waals surface area contributed by atoms with Gasteiger partial charge in [-0.1, -0.05) is 6.07 Å². The van der Waals surface area contributed by atoms with Crippen LogP contribution in [0.25, 0.3) is 5.65 Å².